The van der Waals surface area contributed by atoms with Crippen molar-refractivity contribution in [1.82, 2.24) is 25.5 Å². The van der Waals surface area contributed by atoms with Crippen molar-refractivity contribution in [3.05, 3.63) is 18.3 Å². The van der Waals surface area contributed by atoms with Gasteiger partial charge in [-0.15, -0.1) is 10.2 Å². The van der Waals surface area contributed by atoms with Gasteiger partial charge in [-0.25, -0.2) is 4.98 Å². The Bertz CT molecular complexity index is 726. The summed E-state index contributed by atoms with van der Waals surface area (Å²) >= 11 is 0. The zero-order valence-corrected chi connectivity index (χ0v) is 12.0. The average Bonchev–Trinajstić information content (AvgIpc) is 3.14. The first-order valence-corrected chi connectivity index (χ1v) is 7.14. The van der Waals surface area contributed by atoms with Crippen LogP contribution >= 0.6 is 0 Å². The summed E-state index contributed by atoms with van der Waals surface area (Å²) in [6.45, 7) is 3.66. The zero-order chi connectivity index (χ0) is 16.1. The van der Waals surface area contributed by atoms with E-state index in [4.69, 9.17) is 0 Å². The first-order chi connectivity index (χ1) is 11.0. The summed E-state index contributed by atoms with van der Waals surface area (Å²) in [6, 6.07) is 0. The molecule has 7 nitrogen and oxygen atoms in total. The van der Waals surface area contributed by atoms with Crippen LogP contribution in [0.3, 0.4) is 0 Å². The molecule has 0 bridgehead atoms. The molecule has 4 rings (SSSR count). The molecule has 0 atom stereocenters. The molecule has 1 N–H and O–H groups in total. The highest BCUT2D eigenvalue weighted by molar-refractivity contribution is 5.50. The number of alkyl halides is 3. The fraction of sp³-hybridized carbons (Fsp3) is 0.538. The first-order valence-electron chi connectivity index (χ1n) is 7.14. The van der Waals surface area contributed by atoms with Crippen LogP contribution in [0.4, 0.5) is 19.0 Å². The van der Waals surface area contributed by atoms with E-state index in [0.29, 0.717) is 5.82 Å². The van der Waals surface area contributed by atoms with Crippen LogP contribution in [0, 0.1) is 5.41 Å². The number of nitrogens with one attached hydrogen (secondary N) is 1. The maximum Gasteiger partial charge on any atom is 0.470 e. The van der Waals surface area contributed by atoms with Crippen LogP contribution in [0.5, 0.6) is 0 Å². The number of anilines is 1. The lowest BCUT2D eigenvalue weighted by Crippen LogP contribution is -2.54. The van der Waals surface area contributed by atoms with E-state index in [1.165, 1.54) is 6.20 Å². The van der Waals surface area contributed by atoms with Gasteiger partial charge in [0, 0.05) is 31.6 Å². The molecule has 10 heteroatoms. The molecule has 0 unspecified atom stereocenters. The molecule has 0 radical (unpaired) electrons. The molecule has 4 heterocycles. The molecule has 0 amide bonds. The van der Waals surface area contributed by atoms with Crippen LogP contribution in [0.2, 0.25) is 0 Å². The van der Waals surface area contributed by atoms with Gasteiger partial charge >= 0.3 is 12.1 Å². The second-order valence-corrected chi connectivity index (χ2v) is 5.95. The third-order valence-corrected chi connectivity index (χ3v) is 4.27. The van der Waals surface area contributed by atoms with E-state index in [1.807, 2.05) is 0 Å². The molecular formula is C13H13F3N6O. The molecule has 2 aliphatic rings. The molecule has 2 saturated heterocycles. The van der Waals surface area contributed by atoms with Gasteiger partial charge in [-0.3, -0.25) is 4.98 Å². The van der Waals surface area contributed by atoms with Crippen molar-refractivity contribution < 1.29 is 17.6 Å². The van der Waals surface area contributed by atoms with Crippen molar-refractivity contribution in [2.24, 2.45) is 5.41 Å². The van der Waals surface area contributed by atoms with Gasteiger partial charge in [0.1, 0.15) is 11.5 Å². The molecule has 2 aliphatic heterocycles. The van der Waals surface area contributed by atoms with Gasteiger partial charge < -0.3 is 14.6 Å². The van der Waals surface area contributed by atoms with Gasteiger partial charge in [0.25, 0.3) is 5.89 Å². The predicted molar refractivity (Wildman–Crippen MR) is 72.5 cm³/mol. The Hall–Kier alpha value is -2.23. The summed E-state index contributed by atoms with van der Waals surface area (Å²) in [5, 5.41) is 9.68. The number of hydrogen-bond acceptors (Lipinski definition) is 7. The molecule has 0 saturated carbocycles. The van der Waals surface area contributed by atoms with Gasteiger partial charge in [0.15, 0.2) is 0 Å². The molecule has 122 valence electrons. The quantitative estimate of drug-likeness (QED) is 0.892. The summed E-state index contributed by atoms with van der Waals surface area (Å²) in [6.07, 6.45) is -0.705. The lowest BCUT2D eigenvalue weighted by atomic mass is 9.81. The Morgan fingerprint density at radius 2 is 2.04 bits per heavy atom. The highest BCUT2D eigenvalue weighted by atomic mass is 19.4. The standard InChI is InChI=1S/C13H13F3N6O/c14-13(15,16)11-21-20-10(23-11)8-3-17-4-9(19-8)22-2-1-12(7-22)5-18-6-12/h3-4,18H,1-2,5-7H2. The van der Waals surface area contributed by atoms with Gasteiger partial charge in [0.2, 0.25) is 0 Å². The lowest BCUT2D eigenvalue weighted by molar-refractivity contribution is -0.156. The van der Waals surface area contributed by atoms with E-state index < -0.39 is 12.1 Å². The minimum Gasteiger partial charge on any atom is -0.411 e. The summed E-state index contributed by atoms with van der Waals surface area (Å²) in [5.74, 6) is -1.07. The lowest BCUT2D eigenvalue weighted by Gasteiger charge is -2.39. The third-order valence-electron chi connectivity index (χ3n) is 4.27. The highest BCUT2D eigenvalue weighted by Gasteiger charge is 2.43. The molecule has 1 spiro atoms. The fourth-order valence-electron chi connectivity index (χ4n) is 2.95. The normalized spacial score (nSPS) is 20.0. The number of hydrogen-bond donors (Lipinski definition) is 1. The summed E-state index contributed by atoms with van der Waals surface area (Å²) in [7, 11) is 0. The summed E-state index contributed by atoms with van der Waals surface area (Å²) < 4.78 is 42.2. The van der Waals surface area contributed by atoms with E-state index in [9.17, 15) is 13.2 Å². The smallest absolute Gasteiger partial charge is 0.411 e. The third kappa shape index (κ3) is 2.52. The minimum atomic E-state index is -4.67. The van der Waals surface area contributed by atoms with Gasteiger partial charge in [-0.1, -0.05) is 0 Å². The van der Waals surface area contributed by atoms with Crippen LogP contribution in [0.15, 0.2) is 16.8 Å². The first kappa shape index (κ1) is 14.4. The van der Waals surface area contributed by atoms with Crippen LogP contribution < -0.4 is 10.2 Å². The van der Waals surface area contributed by atoms with E-state index in [1.54, 1.807) is 6.20 Å². The van der Waals surface area contributed by atoms with E-state index >= 15 is 0 Å². The van der Waals surface area contributed by atoms with Crippen molar-refractivity contribution in [3.63, 3.8) is 0 Å². The number of nitrogens with zero attached hydrogens (tertiary/aromatic N) is 5. The molecule has 0 aliphatic carbocycles. The molecule has 2 aromatic rings. The maximum atomic E-state index is 12.5. The van der Waals surface area contributed by atoms with E-state index in [-0.39, 0.29) is 17.0 Å². The van der Waals surface area contributed by atoms with Crippen LogP contribution in [-0.2, 0) is 6.18 Å². The van der Waals surface area contributed by atoms with Crippen molar-refractivity contribution in [2.75, 3.05) is 31.1 Å². The molecule has 2 fully saturated rings. The van der Waals surface area contributed by atoms with Crippen molar-refractivity contribution >= 4 is 5.82 Å². The summed E-state index contributed by atoms with van der Waals surface area (Å²) in [5.41, 5.74) is 0.421. The second kappa shape index (κ2) is 4.88. The number of halogens is 3. The highest BCUT2D eigenvalue weighted by Crippen LogP contribution is 2.36. The summed E-state index contributed by atoms with van der Waals surface area (Å²) in [4.78, 5) is 10.4. The Labute approximate surface area is 128 Å². The Balaban J connectivity index is 1.58. The van der Waals surface area contributed by atoms with Crippen molar-refractivity contribution in [2.45, 2.75) is 12.6 Å². The average molecular weight is 326 g/mol. The monoisotopic (exact) mass is 326 g/mol. The van der Waals surface area contributed by atoms with Gasteiger partial charge in [-0.05, 0) is 6.42 Å². The predicted octanol–water partition coefficient (Wildman–Crippen LogP) is 1.35. The number of aromatic nitrogens is 4. The Morgan fingerprint density at radius 3 is 2.65 bits per heavy atom. The second-order valence-electron chi connectivity index (χ2n) is 5.95. The Morgan fingerprint density at radius 1 is 1.22 bits per heavy atom. The van der Waals surface area contributed by atoms with Crippen LogP contribution in [-0.4, -0.2) is 46.3 Å². The SMILES string of the molecule is FC(F)(F)c1nnc(-c2cncc(N3CCC4(CNC4)C3)n2)o1. The van der Waals surface area contributed by atoms with Crippen molar-refractivity contribution in [3.8, 4) is 11.6 Å². The molecule has 2 aromatic heterocycles. The zero-order valence-electron chi connectivity index (χ0n) is 12.0. The maximum absolute atomic E-state index is 12.5. The topological polar surface area (TPSA) is 80.0 Å². The number of rotatable bonds is 2. The van der Waals surface area contributed by atoms with E-state index in [2.05, 4.69) is 34.8 Å². The van der Waals surface area contributed by atoms with Crippen LogP contribution in [0.25, 0.3) is 11.6 Å². The largest absolute Gasteiger partial charge is 0.470 e. The minimum absolute atomic E-state index is 0.137. The molecule has 23 heavy (non-hydrogen) atoms. The van der Waals surface area contributed by atoms with E-state index in [0.717, 1.165) is 32.6 Å². The molecule has 0 aromatic carbocycles. The van der Waals surface area contributed by atoms with Gasteiger partial charge in [-0.2, -0.15) is 13.2 Å². The van der Waals surface area contributed by atoms with Crippen molar-refractivity contribution in [1.29, 1.82) is 0 Å². The molecular weight excluding hydrogens is 313 g/mol. The fourth-order valence-corrected chi connectivity index (χ4v) is 2.95. The Kier molecular flexibility index (Phi) is 3.05. The van der Waals surface area contributed by atoms with Gasteiger partial charge in [0.05, 0.1) is 12.4 Å². The van der Waals surface area contributed by atoms with Crippen LogP contribution in [0.1, 0.15) is 12.3 Å².